The molecule has 0 atom stereocenters. The number of carboxylic acids is 1. The highest BCUT2D eigenvalue weighted by atomic mass is 35.5. The average molecular weight is 294 g/mol. The van der Waals surface area contributed by atoms with E-state index >= 15 is 0 Å². The summed E-state index contributed by atoms with van der Waals surface area (Å²) in [4.78, 5) is 10.8. The van der Waals surface area contributed by atoms with Gasteiger partial charge in [-0.1, -0.05) is 36.9 Å². The summed E-state index contributed by atoms with van der Waals surface area (Å²) < 4.78 is 0. The van der Waals surface area contributed by atoms with Crippen molar-refractivity contribution in [2.24, 2.45) is 11.0 Å². The van der Waals surface area contributed by atoms with Crippen molar-refractivity contribution in [1.29, 1.82) is 0 Å². The second-order valence-electron chi connectivity index (χ2n) is 5.18. The number of nitrogens with zero attached hydrogens (tertiary/aromatic N) is 1. The van der Waals surface area contributed by atoms with Crippen LogP contribution in [-0.4, -0.2) is 11.7 Å². The van der Waals surface area contributed by atoms with Crippen LogP contribution in [0, 0.1) is 5.92 Å². The average Bonchev–Trinajstić information content (AvgIpc) is 2.46. The molecule has 1 saturated carbocycles. The lowest BCUT2D eigenvalue weighted by molar-refractivity contribution is -0.255. The van der Waals surface area contributed by atoms with Gasteiger partial charge in [-0.05, 0) is 43.4 Å². The van der Waals surface area contributed by atoms with Gasteiger partial charge in [0.15, 0.2) is 0 Å². The SMILES string of the molecule is C/C(=N/Nc1cc(C(=O)[O-])ccc1Cl)C1CCCCC1. The molecule has 0 amide bonds. The highest BCUT2D eigenvalue weighted by Gasteiger charge is 2.16. The van der Waals surface area contributed by atoms with Crippen LogP contribution in [0.15, 0.2) is 23.3 Å². The quantitative estimate of drug-likeness (QED) is 0.685. The first-order chi connectivity index (χ1) is 9.58. The molecule has 0 bridgehead atoms. The lowest BCUT2D eigenvalue weighted by atomic mass is 9.86. The largest absolute Gasteiger partial charge is 0.545 e. The topological polar surface area (TPSA) is 64.5 Å². The third kappa shape index (κ3) is 3.73. The van der Waals surface area contributed by atoms with E-state index in [0.29, 0.717) is 16.6 Å². The number of nitrogens with one attached hydrogen (secondary N) is 1. The number of anilines is 1. The van der Waals surface area contributed by atoms with Crippen LogP contribution in [0.4, 0.5) is 5.69 Å². The normalized spacial score (nSPS) is 17.0. The Morgan fingerprint density at radius 3 is 2.70 bits per heavy atom. The number of benzene rings is 1. The number of carbonyl (C=O) groups excluding carboxylic acids is 1. The monoisotopic (exact) mass is 293 g/mol. The summed E-state index contributed by atoms with van der Waals surface area (Å²) in [5.41, 5.74) is 4.49. The summed E-state index contributed by atoms with van der Waals surface area (Å²) >= 11 is 6.03. The van der Waals surface area contributed by atoms with E-state index in [2.05, 4.69) is 10.5 Å². The molecule has 20 heavy (non-hydrogen) atoms. The number of aromatic carboxylic acids is 1. The number of rotatable bonds is 4. The Labute approximate surface area is 123 Å². The van der Waals surface area contributed by atoms with E-state index in [1.54, 1.807) is 0 Å². The van der Waals surface area contributed by atoms with Crippen LogP contribution in [0.3, 0.4) is 0 Å². The molecule has 0 aromatic heterocycles. The number of hydrogen-bond acceptors (Lipinski definition) is 4. The van der Waals surface area contributed by atoms with Crippen molar-refractivity contribution in [1.82, 2.24) is 0 Å². The molecular formula is C15H18ClN2O2-. The zero-order valence-electron chi connectivity index (χ0n) is 11.5. The Balaban J connectivity index is 2.09. The van der Waals surface area contributed by atoms with Crippen LogP contribution >= 0.6 is 11.6 Å². The Morgan fingerprint density at radius 2 is 2.05 bits per heavy atom. The van der Waals surface area contributed by atoms with Gasteiger partial charge >= 0.3 is 0 Å². The Hall–Kier alpha value is -1.55. The second kappa shape index (κ2) is 6.75. The standard InChI is InChI=1S/C15H19ClN2O2/c1-10(11-5-3-2-4-6-11)17-18-14-9-12(15(19)20)7-8-13(14)16/h7-9,11,18H,2-6H2,1H3,(H,19,20)/p-1/b17-10-. The summed E-state index contributed by atoms with van der Waals surface area (Å²) in [6, 6.07) is 4.39. The zero-order chi connectivity index (χ0) is 14.5. The molecule has 4 nitrogen and oxygen atoms in total. The van der Waals surface area contributed by atoms with E-state index in [-0.39, 0.29) is 5.56 Å². The highest BCUT2D eigenvalue weighted by Crippen LogP contribution is 2.26. The van der Waals surface area contributed by atoms with Gasteiger partial charge in [0.2, 0.25) is 0 Å². The Kier molecular flexibility index (Phi) is 5.01. The maximum absolute atomic E-state index is 10.8. The predicted molar refractivity (Wildman–Crippen MR) is 79.1 cm³/mol. The molecule has 1 N–H and O–H groups in total. The van der Waals surface area contributed by atoms with Gasteiger partial charge in [-0.15, -0.1) is 0 Å². The van der Waals surface area contributed by atoms with E-state index < -0.39 is 5.97 Å². The molecule has 0 unspecified atom stereocenters. The fourth-order valence-corrected chi connectivity index (χ4v) is 2.66. The molecule has 1 aromatic carbocycles. The molecule has 2 rings (SSSR count). The third-order valence-electron chi connectivity index (χ3n) is 3.75. The van der Waals surface area contributed by atoms with Gasteiger partial charge in [0, 0.05) is 5.71 Å². The van der Waals surface area contributed by atoms with Crippen molar-refractivity contribution in [2.45, 2.75) is 39.0 Å². The summed E-state index contributed by atoms with van der Waals surface area (Å²) in [6.07, 6.45) is 6.14. The molecule has 0 aliphatic heterocycles. The van der Waals surface area contributed by atoms with Gasteiger partial charge in [0.25, 0.3) is 0 Å². The van der Waals surface area contributed by atoms with Crippen molar-refractivity contribution >= 4 is 29.0 Å². The lowest BCUT2D eigenvalue weighted by Crippen LogP contribution is -2.22. The Morgan fingerprint density at radius 1 is 1.35 bits per heavy atom. The number of halogens is 1. The molecule has 1 aliphatic carbocycles. The van der Waals surface area contributed by atoms with Crippen LogP contribution in [-0.2, 0) is 0 Å². The predicted octanol–water partition coefficient (Wildman–Crippen LogP) is 3.07. The van der Waals surface area contributed by atoms with Crippen molar-refractivity contribution in [3.63, 3.8) is 0 Å². The minimum atomic E-state index is -1.22. The highest BCUT2D eigenvalue weighted by molar-refractivity contribution is 6.33. The van der Waals surface area contributed by atoms with E-state index in [9.17, 15) is 9.90 Å². The summed E-state index contributed by atoms with van der Waals surface area (Å²) in [5, 5.41) is 15.6. The first-order valence-electron chi connectivity index (χ1n) is 6.89. The summed E-state index contributed by atoms with van der Waals surface area (Å²) in [6.45, 7) is 2.00. The minimum Gasteiger partial charge on any atom is -0.545 e. The van der Waals surface area contributed by atoms with Gasteiger partial charge in [0.1, 0.15) is 0 Å². The maximum atomic E-state index is 10.8. The first-order valence-corrected chi connectivity index (χ1v) is 7.27. The summed E-state index contributed by atoms with van der Waals surface area (Å²) in [5.74, 6) is -0.711. The number of carboxylic acid groups (broad SMARTS) is 1. The Bertz CT molecular complexity index is 523. The van der Waals surface area contributed by atoms with Gasteiger partial charge in [0.05, 0.1) is 16.7 Å². The van der Waals surface area contributed by atoms with E-state index in [1.807, 2.05) is 6.92 Å². The number of hydrazone groups is 1. The first kappa shape index (κ1) is 14.9. The van der Waals surface area contributed by atoms with Crippen LogP contribution in [0.2, 0.25) is 5.02 Å². The van der Waals surface area contributed by atoms with Gasteiger partial charge in [-0.3, -0.25) is 5.43 Å². The van der Waals surface area contributed by atoms with Crippen LogP contribution in [0.25, 0.3) is 0 Å². The van der Waals surface area contributed by atoms with Crippen LogP contribution in [0.5, 0.6) is 0 Å². The molecule has 1 aromatic rings. The molecule has 0 spiro atoms. The lowest BCUT2D eigenvalue weighted by Gasteiger charge is -2.21. The van der Waals surface area contributed by atoms with Crippen LogP contribution < -0.4 is 10.5 Å². The molecule has 0 saturated heterocycles. The third-order valence-corrected chi connectivity index (χ3v) is 4.08. The minimum absolute atomic E-state index is 0.0856. The number of carbonyl (C=O) groups is 1. The molecule has 0 heterocycles. The van der Waals surface area contributed by atoms with E-state index in [1.165, 1.54) is 50.3 Å². The molecule has 0 radical (unpaired) electrons. The van der Waals surface area contributed by atoms with Gasteiger partial charge < -0.3 is 9.90 Å². The van der Waals surface area contributed by atoms with Crippen molar-refractivity contribution in [2.75, 3.05) is 5.43 Å². The molecule has 1 aliphatic rings. The van der Waals surface area contributed by atoms with E-state index in [0.717, 1.165) is 5.71 Å². The molecule has 5 heteroatoms. The number of hydrogen-bond donors (Lipinski definition) is 1. The fraction of sp³-hybridized carbons (Fsp3) is 0.467. The summed E-state index contributed by atoms with van der Waals surface area (Å²) in [7, 11) is 0. The molecular weight excluding hydrogens is 276 g/mol. The van der Waals surface area contributed by atoms with E-state index in [4.69, 9.17) is 11.6 Å². The van der Waals surface area contributed by atoms with Crippen molar-refractivity contribution in [3.8, 4) is 0 Å². The van der Waals surface area contributed by atoms with Crippen LogP contribution in [0.1, 0.15) is 49.4 Å². The maximum Gasteiger partial charge on any atom is 0.0754 e. The van der Waals surface area contributed by atoms with Crippen molar-refractivity contribution in [3.05, 3.63) is 28.8 Å². The second-order valence-corrected chi connectivity index (χ2v) is 5.59. The zero-order valence-corrected chi connectivity index (χ0v) is 12.2. The molecule has 108 valence electrons. The smallest absolute Gasteiger partial charge is 0.0754 e. The van der Waals surface area contributed by atoms with Gasteiger partial charge in [-0.2, -0.15) is 5.10 Å². The van der Waals surface area contributed by atoms with Crippen molar-refractivity contribution < 1.29 is 9.90 Å². The van der Waals surface area contributed by atoms with Gasteiger partial charge in [-0.25, -0.2) is 0 Å². The fourth-order valence-electron chi connectivity index (χ4n) is 2.50. The molecule has 1 fully saturated rings.